The molecule has 7 heteroatoms. The van der Waals surface area contributed by atoms with E-state index in [-0.39, 0.29) is 16.8 Å². The molecule has 0 atom stereocenters. The minimum atomic E-state index is -3.59. The monoisotopic (exact) mass is 401 g/mol. The Balaban J connectivity index is 1.72. The van der Waals surface area contributed by atoms with Crippen molar-refractivity contribution in [1.29, 1.82) is 0 Å². The van der Waals surface area contributed by atoms with Gasteiger partial charge in [0.1, 0.15) is 0 Å². The molecule has 1 aliphatic rings. The van der Waals surface area contributed by atoms with Gasteiger partial charge in [0.15, 0.2) is 0 Å². The van der Waals surface area contributed by atoms with Crippen LogP contribution in [-0.2, 0) is 10.0 Å². The summed E-state index contributed by atoms with van der Waals surface area (Å²) in [5, 5.41) is 2.83. The smallest absolute Gasteiger partial charge is 0.255 e. The second-order valence-corrected chi connectivity index (χ2v) is 9.02. The highest BCUT2D eigenvalue weighted by Crippen LogP contribution is 2.23. The summed E-state index contributed by atoms with van der Waals surface area (Å²) in [5.74, 6) is -0.340. The highest BCUT2D eigenvalue weighted by Gasteiger charge is 2.28. The van der Waals surface area contributed by atoms with Gasteiger partial charge in [-0.2, -0.15) is 0 Å². The van der Waals surface area contributed by atoms with E-state index in [0.717, 1.165) is 25.1 Å². The van der Waals surface area contributed by atoms with Gasteiger partial charge in [-0.25, -0.2) is 13.1 Å². The van der Waals surface area contributed by atoms with Crippen LogP contribution in [0.2, 0.25) is 0 Å². The van der Waals surface area contributed by atoms with E-state index >= 15 is 0 Å². The number of carbonyl (C=O) groups excluding carboxylic acids is 1. The molecule has 6 nitrogen and oxygen atoms in total. The normalized spacial score (nSPS) is 14.1. The second-order valence-electron chi connectivity index (χ2n) is 7.30. The molecule has 3 rings (SSSR count). The van der Waals surface area contributed by atoms with Crippen LogP contribution < -0.4 is 14.9 Å². The van der Waals surface area contributed by atoms with Crippen LogP contribution in [0.5, 0.6) is 0 Å². The fourth-order valence-electron chi connectivity index (χ4n) is 3.08. The zero-order chi connectivity index (χ0) is 20.3. The molecule has 2 N–H and O–H groups in total. The van der Waals surface area contributed by atoms with Crippen molar-refractivity contribution in [2.24, 2.45) is 0 Å². The number of hydrogen-bond acceptors (Lipinski definition) is 4. The quantitative estimate of drug-likeness (QED) is 0.708. The van der Waals surface area contributed by atoms with Crippen LogP contribution >= 0.6 is 0 Å². The standard InChI is InChI=1S/C21H27N3O3S/c1-4-24(15(2)3)19-12-10-17(11-13-19)22-21(25)16-6-5-7-20(14-16)28(26,27)23-18-8-9-18/h5-7,10-15,18,23H,4,8-9H2,1-3H3,(H,22,25). The summed E-state index contributed by atoms with van der Waals surface area (Å²) in [6, 6.07) is 14.2. The van der Waals surface area contributed by atoms with E-state index in [1.165, 1.54) is 12.1 Å². The number of anilines is 2. The van der Waals surface area contributed by atoms with Gasteiger partial charge in [0.05, 0.1) is 4.90 Å². The third-order valence-corrected chi connectivity index (χ3v) is 6.24. The van der Waals surface area contributed by atoms with Gasteiger partial charge < -0.3 is 10.2 Å². The Labute approximate surface area is 167 Å². The molecule has 0 aromatic heterocycles. The first-order valence-corrected chi connectivity index (χ1v) is 11.1. The molecule has 0 heterocycles. The van der Waals surface area contributed by atoms with Crippen molar-refractivity contribution in [1.82, 2.24) is 4.72 Å². The van der Waals surface area contributed by atoms with Gasteiger partial charge in [0.25, 0.3) is 5.91 Å². The number of benzene rings is 2. The Morgan fingerprint density at radius 3 is 2.39 bits per heavy atom. The van der Waals surface area contributed by atoms with Gasteiger partial charge in [-0.1, -0.05) is 6.07 Å². The minimum Gasteiger partial charge on any atom is -0.369 e. The molecular weight excluding hydrogens is 374 g/mol. The van der Waals surface area contributed by atoms with Gasteiger partial charge in [-0.3, -0.25) is 4.79 Å². The van der Waals surface area contributed by atoms with Crippen LogP contribution in [0.1, 0.15) is 44.0 Å². The zero-order valence-corrected chi connectivity index (χ0v) is 17.3. The maximum absolute atomic E-state index is 12.6. The van der Waals surface area contributed by atoms with E-state index < -0.39 is 10.0 Å². The van der Waals surface area contributed by atoms with Crippen LogP contribution in [0.15, 0.2) is 53.4 Å². The van der Waals surface area contributed by atoms with Crippen molar-refractivity contribution < 1.29 is 13.2 Å². The number of carbonyl (C=O) groups is 1. The van der Waals surface area contributed by atoms with Crippen LogP contribution in [0, 0.1) is 0 Å². The SMILES string of the molecule is CCN(c1ccc(NC(=O)c2cccc(S(=O)(=O)NC3CC3)c2)cc1)C(C)C. The lowest BCUT2D eigenvalue weighted by Gasteiger charge is -2.27. The summed E-state index contributed by atoms with van der Waals surface area (Å²) in [6.45, 7) is 7.28. The molecule has 0 unspecified atom stereocenters. The maximum Gasteiger partial charge on any atom is 0.255 e. The second kappa shape index (κ2) is 8.32. The number of nitrogens with one attached hydrogen (secondary N) is 2. The van der Waals surface area contributed by atoms with Crippen LogP contribution in [0.3, 0.4) is 0 Å². The summed E-state index contributed by atoms with van der Waals surface area (Å²) in [7, 11) is -3.59. The van der Waals surface area contributed by atoms with Gasteiger partial charge in [0.2, 0.25) is 10.0 Å². The first-order chi connectivity index (χ1) is 13.3. The number of hydrogen-bond donors (Lipinski definition) is 2. The van der Waals surface area contributed by atoms with Crippen molar-refractivity contribution in [3.05, 3.63) is 54.1 Å². The first-order valence-electron chi connectivity index (χ1n) is 9.60. The molecule has 0 spiro atoms. The third-order valence-electron chi connectivity index (χ3n) is 4.73. The Morgan fingerprint density at radius 2 is 1.82 bits per heavy atom. The third kappa shape index (κ3) is 4.91. The summed E-state index contributed by atoms with van der Waals surface area (Å²) >= 11 is 0. The highest BCUT2D eigenvalue weighted by molar-refractivity contribution is 7.89. The molecule has 0 saturated heterocycles. The molecule has 1 fully saturated rings. The Bertz CT molecular complexity index is 936. The average Bonchev–Trinajstić information content (AvgIpc) is 3.47. The molecule has 28 heavy (non-hydrogen) atoms. The molecule has 1 aliphatic carbocycles. The molecule has 0 radical (unpaired) electrons. The van der Waals surface area contributed by atoms with E-state index in [1.54, 1.807) is 12.1 Å². The van der Waals surface area contributed by atoms with E-state index in [4.69, 9.17) is 0 Å². The molecule has 1 saturated carbocycles. The van der Waals surface area contributed by atoms with Crippen LogP contribution in [0.4, 0.5) is 11.4 Å². The summed E-state index contributed by atoms with van der Waals surface area (Å²) in [6.07, 6.45) is 1.73. The lowest BCUT2D eigenvalue weighted by Crippen LogP contribution is -2.30. The van der Waals surface area contributed by atoms with Crippen LogP contribution in [0.25, 0.3) is 0 Å². The highest BCUT2D eigenvalue weighted by atomic mass is 32.2. The molecule has 2 aromatic rings. The maximum atomic E-state index is 12.6. The number of rotatable bonds is 8. The van der Waals surface area contributed by atoms with Gasteiger partial charge in [-0.05, 0) is 76.1 Å². The number of amides is 1. The fourth-order valence-corrected chi connectivity index (χ4v) is 4.43. The zero-order valence-electron chi connectivity index (χ0n) is 16.5. The summed E-state index contributed by atoms with van der Waals surface area (Å²) < 4.78 is 27.3. The van der Waals surface area contributed by atoms with Gasteiger partial charge in [0, 0.05) is 35.6 Å². The first kappa shape index (κ1) is 20.4. The van der Waals surface area contributed by atoms with Gasteiger partial charge in [-0.15, -0.1) is 0 Å². The minimum absolute atomic E-state index is 0.0227. The topological polar surface area (TPSA) is 78.5 Å². The number of sulfonamides is 1. The molecule has 0 aliphatic heterocycles. The van der Waals surface area contributed by atoms with Crippen molar-refractivity contribution in [2.75, 3.05) is 16.8 Å². The molecular formula is C21H27N3O3S. The lowest BCUT2D eigenvalue weighted by molar-refractivity contribution is 0.102. The van der Waals surface area contributed by atoms with Crippen molar-refractivity contribution in [3.8, 4) is 0 Å². The molecule has 2 aromatic carbocycles. The Hall–Kier alpha value is -2.38. The van der Waals surface area contributed by atoms with E-state index in [9.17, 15) is 13.2 Å². The van der Waals surface area contributed by atoms with Crippen molar-refractivity contribution >= 4 is 27.3 Å². The van der Waals surface area contributed by atoms with Crippen molar-refractivity contribution in [2.45, 2.75) is 50.6 Å². The Kier molecular flexibility index (Phi) is 6.05. The molecule has 150 valence electrons. The van der Waals surface area contributed by atoms with Crippen molar-refractivity contribution in [3.63, 3.8) is 0 Å². The number of nitrogens with zero attached hydrogens (tertiary/aromatic N) is 1. The van der Waals surface area contributed by atoms with E-state index in [2.05, 4.69) is 35.7 Å². The van der Waals surface area contributed by atoms with E-state index in [1.807, 2.05) is 24.3 Å². The average molecular weight is 402 g/mol. The lowest BCUT2D eigenvalue weighted by atomic mass is 10.2. The largest absolute Gasteiger partial charge is 0.369 e. The molecule has 1 amide bonds. The van der Waals surface area contributed by atoms with E-state index in [0.29, 0.717) is 17.3 Å². The van der Waals surface area contributed by atoms with Crippen LogP contribution in [-0.4, -0.2) is 33.0 Å². The predicted molar refractivity (Wildman–Crippen MR) is 112 cm³/mol. The predicted octanol–water partition coefficient (Wildman–Crippen LogP) is 3.61. The Morgan fingerprint density at radius 1 is 1.14 bits per heavy atom. The summed E-state index contributed by atoms with van der Waals surface area (Å²) in [4.78, 5) is 14.9. The summed E-state index contributed by atoms with van der Waals surface area (Å²) in [5.41, 5.74) is 2.06. The fraction of sp³-hybridized carbons (Fsp3) is 0.381. The van der Waals surface area contributed by atoms with Gasteiger partial charge >= 0.3 is 0 Å². The molecule has 0 bridgehead atoms.